The van der Waals surface area contributed by atoms with Gasteiger partial charge in [0.25, 0.3) is 0 Å². The number of para-hydroxylation sites is 1. The van der Waals surface area contributed by atoms with Crippen molar-refractivity contribution in [1.29, 1.82) is 0 Å². The zero-order valence-corrected chi connectivity index (χ0v) is 15.6. The molecule has 1 aliphatic heterocycles. The van der Waals surface area contributed by atoms with Gasteiger partial charge >= 0.3 is 0 Å². The number of benzene rings is 1. The Morgan fingerprint density at radius 2 is 1.88 bits per heavy atom. The molecule has 0 radical (unpaired) electrons. The Balaban J connectivity index is 1.56. The number of aryl methyl sites for hydroxylation is 1. The molecule has 0 bridgehead atoms. The first-order valence-corrected chi connectivity index (χ1v) is 9.53. The van der Waals surface area contributed by atoms with Gasteiger partial charge in [-0.15, -0.1) is 0 Å². The van der Waals surface area contributed by atoms with Gasteiger partial charge in [0, 0.05) is 23.6 Å². The molecule has 1 saturated carbocycles. The smallest absolute Gasteiger partial charge is 0.246 e. The average Bonchev–Trinajstić information content (AvgIpc) is 2.99. The van der Waals surface area contributed by atoms with Crippen molar-refractivity contribution in [3.05, 3.63) is 36.0 Å². The molecule has 1 saturated heterocycles. The average molecular weight is 339 g/mol. The first-order valence-electron chi connectivity index (χ1n) is 9.53. The second-order valence-electron chi connectivity index (χ2n) is 8.48. The number of nitrogens with zero attached hydrogens (tertiary/aromatic N) is 2. The summed E-state index contributed by atoms with van der Waals surface area (Å²) in [5.41, 5.74) is 1.75. The minimum Gasteiger partial charge on any atom is -0.347 e. The fourth-order valence-corrected chi connectivity index (χ4v) is 4.16. The van der Waals surface area contributed by atoms with Crippen LogP contribution in [0.5, 0.6) is 0 Å². The van der Waals surface area contributed by atoms with Gasteiger partial charge in [-0.1, -0.05) is 18.2 Å². The summed E-state index contributed by atoms with van der Waals surface area (Å²) in [5.74, 6) is 0.130. The Labute approximate surface area is 150 Å². The summed E-state index contributed by atoms with van der Waals surface area (Å²) in [6.07, 6.45) is 6.92. The Morgan fingerprint density at radius 3 is 2.56 bits per heavy atom. The number of hydrogen-bond acceptors (Lipinski definition) is 2. The molecule has 4 nitrogen and oxygen atoms in total. The van der Waals surface area contributed by atoms with E-state index in [0.29, 0.717) is 0 Å². The summed E-state index contributed by atoms with van der Waals surface area (Å²) in [7, 11) is 0. The first-order chi connectivity index (χ1) is 11.9. The van der Waals surface area contributed by atoms with Crippen molar-refractivity contribution in [1.82, 2.24) is 14.8 Å². The third-order valence-electron chi connectivity index (χ3n) is 6.03. The van der Waals surface area contributed by atoms with Crippen LogP contribution in [0.3, 0.4) is 0 Å². The molecule has 134 valence electrons. The van der Waals surface area contributed by atoms with E-state index in [9.17, 15) is 4.79 Å². The molecular formula is C21H29N3O. The lowest BCUT2D eigenvalue weighted by atomic mass is 10.0. The molecule has 0 unspecified atom stereocenters. The van der Waals surface area contributed by atoms with E-state index in [1.807, 2.05) is 19.9 Å². The lowest BCUT2D eigenvalue weighted by Gasteiger charge is -2.31. The summed E-state index contributed by atoms with van der Waals surface area (Å²) in [6.45, 7) is 9.55. The van der Waals surface area contributed by atoms with Crippen LogP contribution < -0.4 is 5.32 Å². The molecular weight excluding hydrogens is 310 g/mol. The Bertz CT molecular complexity index is 795. The molecule has 25 heavy (non-hydrogen) atoms. The number of aromatic nitrogens is 1. The molecule has 1 aromatic heterocycles. The van der Waals surface area contributed by atoms with Gasteiger partial charge in [-0.2, -0.15) is 0 Å². The number of amides is 1. The van der Waals surface area contributed by atoms with E-state index in [1.54, 1.807) is 0 Å². The van der Waals surface area contributed by atoms with E-state index in [-0.39, 0.29) is 11.4 Å². The number of likely N-dealkylation sites (tertiary alicyclic amines) is 1. The predicted molar refractivity (Wildman–Crippen MR) is 102 cm³/mol. The lowest BCUT2D eigenvalue weighted by Crippen LogP contribution is -2.52. The highest BCUT2D eigenvalue weighted by molar-refractivity contribution is 5.90. The summed E-state index contributed by atoms with van der Waals surface area (Å²) in [5, 5.41) is 4.63. The van der Waals surface area contributed by atoms with Crippen molar-refractivity contribution in [3.63, 3.8) is 0 Å². The number of fused-ring (bicyclic) bond motifs is 1. The van der Waals surface area contributed by atoms with Gasteiger partial charge in [0.2, 0.25) is 5.91 Å². The van der Waals surface area contributed by atoms with Crippen molar-refractivity contribution < 1.29 is 4.79 Å². The molecule has 2 fully saturated rings. The van der Waals surface area contributed by atoms with Crippen LogP contribution in [0.4, 0.5) is 0 Å². The van der Waals surface area contributed by atoms with Crippen LogP contribution in [0.15, 0.2) is 30.5 Å². The van der Waals surface area contributed by atoms with Crippen LogP contribution in [-0.2, 0) is 10.3 Å². The van der Waals surface area contributed by atoms with Crippen molar-refractivity contribution in [3.8, 4) is 0 Å². The Hall–Kier alpha value is -1.81. The molecule has 1 aromatic carbocycles. The maximum Gasteiger partial charge on any atom is 0.246 e. The van der Waals surface area contributed by atoms with E-state index in [0.717, 1.165) is 24.9 Å². The van der Waals surface area contributed by atoms with Gasteiger partial charge in [0.15, 0.2) is 0 Å². The van der Waals surface area contributed by atoms with Gasteiger partial charge in [-0.25, -0.2) is 0 Å². The van der Waals surface area contributed by atoms with Gasteiger partial charge < -0.3 is 14.8 Å². The van der Waals surface area contributed by atoms with Gasteiger partial charge in [0.1, 0.15) is 5.54 Å². The number of hydrogen-bond donors (Lipinski definition) is 1. The van der Waals surface area contributed by atoms with Crippen LogP contribution in [0.1, 0.15) is 45.1 Å². The molecule has 2 heterocycles. The van der Waals surface area contributed by atoms with Crippen LogP contribution in [0, 0.1) is 6.92 Å². The van der Waals surface area contributed by atoms with Crippen molar-refractivity contribution >= 4 is 16.8 Å². The van der Waals surface area contributed by atoms with Gasteiger partial charge in [0.05, 0.1) is 5.54 Å². The quantitative estimate of drug-likeness (QED) is 0.906. The number of nitrogens with one attached hydrogen (secondary N) is 1. The zero-order valence-electron chi connectivity index (χ0n) is 15.6. The molecule has 2 aromatic rings. The highest BCUT2D eigenvalue weighted by Gasteiger charge is 2.47. The fraction of sp³-hybridized carbons (Fsp3) is 0.571. The van der Waals surface area contributed by atoms with Crippen LogP contribution in [0.2, 0.25) is 0 Å². The Morgan fingerprint density at radius 1 is 1.20 bits per heavy atom. The van der Waals surface area contributed by atoms with Gasteiger partial charge in [-0.05, 0) is 71.2 Å². The van der Waals surface area contributed by atoms with Crippen LogP contribution in [-0.4, -0.2) is 40.5 Å². The minimum atomic E-state index is -0.603. The van der Waals surface area contributed by atoms with Crippen LogP contribution in [0.25, 0.3) is 10.9 Å². The van der Waals surface area contributed by atoms with Gasteiger partial charge in [-0.3, -0.25) is 4.79 Å². The maximum absolute atomic E-state index is 13.2. The number of carbonyl (C=O) groups excluding carboxylic acids is 1. The monoisotopic (exact) mass is 339 g/mol. The van der Waals surface area contributed by atoms with Crippen LogP contribution >= 0.6 is 0 Å². The summed E-state index contributed by atoms with van der Waals surface area (Å²) < 4.78 is 2.14. The van der Waals surface area contributed by atoms with E-state index >= 15 is 0 Å². The predicted octanol–water partition coefficient (Wildman–Crippen LogP) is 3.43. The maximum atomic E-state index is 13.2. The molecule has 2 aliphatic rings. The second kappa shape index (κ2) is 5.87. The highest BCUT2D eigenvalue weighted by atomic mass is 16.2. The number of carbonyl (C=O) groups is 1. The molecule has 1 aliphatic carbocycles. The van der Waals surface area contributed by atoms with Crippen molar-refractivity contribution in [2.75, 3.05) is 19.6 Å². The van der Waals surface area contributed by atoms with E-state index in [4.69, 9.17) is 0 Å². The van der Waals surface area contributed by atoms with E-state index in [1.165, 1.54) is 36.9 Å². The van der Waals surface area contributed by atoms with E-state index < -0.39 is 5.54 Å². The summed E-state index contributed by atoms with van der Waals surface area (Å²) in [6, 6.07) is 8.34. The third kappa shape index (κ3) is 2.97. The SMILES string of the molecule is Cc1cn(C(C)(C)C(=O)NC2(CN3CCCC3)CC2)c2ccccc12. The highest BCUT2D eigenvalue weighted by Crippen LogP contribution is 2.38. The minimum absolute atomic E-state index is 0.0106. The number of rotatable bonds is 5. The zero-order chi connectivity index (χ0) is 17.7. The molecule has 0 atom stereocenters. The normalized spacial score (nSPS) is 20.1. The Kier molecular flexibility index (Phi) is 3.91. The van der Waals surface area contributed by atoms with Crippen molar-refractivity contribution in [2.45, 2.75) is 57.5 Å². The fourth-order valence-electron chi connectivity index (χ4n) is 4.16. The summed E-state index contributed by atoms with van der Waals surface area (Å²) in [4.78, 5) is 15.7. The topological polar surface area (TPSA) is 37.3 Å². The molecule has 4 heteroatoms. The second-order valence-corrected chi connectivity index (χ2v) is 8.48. The molecule has 4 rings (SSSR count). The lowest BCUT2D eigenvalue weighted by molar-refractivity contribution is -0.129. The summed E-state index contributed by atoms with van der Waals surface area (Å²) >= 11 is 0. The molecule has 1 amide bonds. The van der Waals surface area contributed by atoms with E-state index in [2.05, 4.69) is 46.1 Å². The first kappa shape index (κ1) is 16.6. The third-order valence-corrected chi connectivity index (χ3v) is 6.03. The standard InChI is InChI=1S/C21H29N3O/c1-16-14-24(18-9-5-4-8-17(16)18)20(2,3)19(25)22-21(10-11-21)15-23-12-6-7-13-23/h4-5,8-9,14H,6-7,10-13,15H2,1-3H3,(H,22,25). The molecule has 0 spiro atoms. The molecule has 1 N–H and O–H groups in total. The largest absolute Gasteiger partial charge is 0.347 e. The van der Waals surface area contributed by atoms with Crippen molar-refractivity contribution in [2.24, 2.45) is 0 Å².